The lowest BCUT2D eigenvalue weighted by Crippen LogP contribution is -2.43. The van der Waals surface area contributed by atoms with E-state index in [4.69, 9.17) is 0 Å². The molecule has 0 radical (unpaired) electrons. The highest BCUT2D eigenvalue weighted by atomic mass is 28.3. The molecule has 1 aliphatic heterocycles. The van der Waals surface area contributed by atoms with Gasteiger partial charge in [0, 0.05) is 32.1 Å². The Morgan fingerprint density at radius 2 is 1.62 bits per heavy atom. The van der Waals surface area contributed by atoms with Crippen LogP contribution in [0.1, 0.15) is 34.5 Å². The maximum atomic E-state index is 13.3. The van der Waals surface area contributed by atoms with Crippen molar-refractivity contribution in [3.63, 3.8) is 0 Å². The van der Waals surface area contributed by atoms with Gasteiger partial charge in [0.1, 0.15) is 5.69 Å². The molecule has 1 saturated heterocycles. The molecule has 2 aromatic rings. The molecule has 1 aromatic heterocycles. The predicted molar refractivity (Wildman–Crippen MR) is 101 cm³/mol. The summed E-state index contributed by atoms with van der Waals surface area (Å²) >= 11 is 0. The summed E-state index contributed by atoms with van der Waals surface area (Å²) in [6.07, 6.45) is -8.26. The summed E-state index contributed by atoms with van der Waals surface area (Å²) in [7, 11) is 0.339. The van der Waals surface area contributed by atoms with Gasteiger partial charge in [0.25, 0.3) is 5.91 Å². The number of amides is 1. The van der Waals surface area contributed by atoms with Crippen LogP contribution in [-0.4, -0.2) is 37.0 Å². The number of nitrogens with one attached hydrogen (secondary N) is 1. The van der Waals surface area contributed by atoms with Gasteiger partial charge >= 0.3 is 12.4 Å². The second kappa shape index (κ2) is 7.07. The molecule has 1 aliphatic rings. The van der Waals surface area contributed by atoms with Crippen LogP contribution in [0.3, 0.4) is 0 Å². The van der Waals surface area contributed by atoms with Crippen LogP contribution in [-0.2, 0) is 12.4 Å². The number of halogens is 6. The number of fused-ring (bicyclic) bond motifs is 1. The minimum absolute atomic E-state index is 0.0257. The van der Waals surface area contributed by atoms with E-state index in [2.05, 4.69) is 18.1 Å². The van der Waals surface area contributed by atoms with Gasteiger partial charge < -0.3 is 9.88 Å². The molecular weight excluding hydrogens is 414 g/mol. The van der Waals surface area contributed by atoms with Crippen molar-refractivity contribution in [2.45, 2.75) is 56.4 Å². The number of benzene rings is 1. The van der Waals surface area contributed by atoms with Crippen molar-refractivity contribution in [2.24, 2.45) is 0 Å². The van der Waals surface area contributed by atoms with Crippen molar-refractivity contribution >= 4 is 24.9 Å². The molecule has 160 valence electrons. The summed E-state index contributed by atoms with van der Waals surface area (Å²) in [6, 6.07) is 3.77. The second-order valence-electron chi connectivity index (χ2n) is 8.48. The highest BCUT2D eigenvalue weighted by Gasteiger charge is 2.39. The lowest BCUT2D eigenvalue weighted by atomic mass is 10.0. The van der Waals surface area contributed by atoms with E-state index in [0.29, 0.717) is 6.07 Å². The van der Waals surface area contributed by atoms with Crippen molar-refractivity contribution in [2.75, 3.05) is 7.05 Å². The fourth-order valence-corrected chi connectivity index (χ4v) is 6.36. The molecule has 0 aliphatic carbocycles. The quantitative estimate of drug-likeness (QED) is 0.445. The number of aromatic nitrogens is 1. The summed E-state index contributed by atoms with van der Waals surface area (Å²) in [4.78, 5) is 16.8. The van der Waals surface area contributed by atoms with Crippen molar-refractivity contribution in [3.8, 4) is 0 Å². The van der Waals surface area contributed by atoms with E-state index >= 15 is 0 Å². The Morgan fingerprint density at radius 3 is 2.14 bits per heavy atom. The van der Waals surface area contributed by atoms with Crippen molar-refractivity contribution in [3.05, 3.63) is 35.0 Å². The van der Waals surface area contributed by atoms with E-state index in [9.17, 15) is 31.1 Å². The molecule has 0 spiro atoms. The Balaban J connectivity index is 1.97. The van der Waals surface area contributed by atoms with E-state index in [-0.39, 0.29) is 23.3 Å². The average Bonchev–Trinajstić information content (AvgIpc) is 3.02. The first-order valence-electron chi connectivity index (χ1n) is 9.27. The van der Waals surface area contributed by atoms with Crippen molar-refractivity contribution in [1.29, 1.82) is 0 Å². The number of H-pyrrole nitrogens is 1. The van der Waals surface area contributed by atoms with Gasteiger partial charge in [-0.3, -0.25) is 4.79 Å². The third kappa shape index (κ3) is 4.46. The molecule has 0 unspecified atom stereocenters. The molecule has 3 rings (SSSR count). The third-order valence-electron chi connectivity index (χ3n) is 5.78. The monoisotopic (exact) mass is 436 g/mol. The zero-order chi connectivity index (χ0) is 21.8. The van der Waals surface area contributed by atoms with Crippen LogP contribution < -0.4 is 0 Å². The molecule has 29 heavy (non-hydrogen) atoms. The lowest BCUT2D eigenvalue weighted by molar-refractivity contribution is -0.142. The molecule has 2 heterocycles. The van der Waals surface area contributed by atoms with E-state index in [1.165, 1.54) is 4.90 Å². The number of aromatic amines is 1. The van der Waals surface area contributed by atoms with Gasteiger partial charge in [-0.05, 0) is 31.0 Å². The minimum Gasteiger partial charge on any atom is -0.350 e. The van der Waals surface area contributed by atoms with Crippen molar-refractivity contribution in [1.82, 2.24) is 9.88 Å². The SMILES string of the molecule is CN(C(=O)c1cc2c(C(F)(F)F)cc(C(F)(F)F)cc2[nH]1)C1CC[Si](C)(C)CC1. The largest absolute Gasteiger partial charge is 0.417 e. The molecule has 1 N–H and O–H groups in total. The number of alkyl halides is 6. The zero-order valence-electron chi connectivity index (χ0n) is 16.3. The van der Waals surface area contributed by atoms with Gasteiger partial charge in [0.15, 0.2) is 0 Å². The molecule has 0 bridgehead atoms. The van der Waals surface area contributed by atoms with E-state index in [1.807, 2.05) is 0 Å². The van der Waals surface area contributed by atoms with Gasteiger partial charge in [-0.1, -0.05) is 25.2 Å². The number of hydrogen-bond acceptors (Lipinski definition) is 1. The summed E-state index contributed by atoms with van der Waals surface area (Å²) in [5, 5.41) is -0.445. The molecule has 1 fully saturated rings. The zero-order valence-corrected chi connectivity index (χ0v) is 17.3. The number of carbonyl (C=O) groups is 1. The predicted octanol–water partition coefficient (Wildman–Crippen LogP) is 6.15. The number of rotatable bonds is 2. The van der Waals surface area contributed by atoms with E-state index in [0.717, 1.165) is 31.0 Å². The number of hydrogen-bond donors (Lipinski definition) is 1. The Kier molecular flexibility index (Phi) is 5.30. The van der Waals surface area contributed by atoms with Crippen LogP contribution in [0.4, 0.5) is 26.3 Å². The summed E-state index contributed by atoms with van der Waals surface area (Å²) < 4.78 is 79.1. The fourth-order valence-electron chi connectivity index (χ4n) is 3.88. The number of carbonyl (C=O) groups excluding carboxylic acids is 1. The first-order chi connectivity index (χ1) is 13.2. The van der Waals surface area contributed by atoms with E-state index < -0.39 is 42.8 Å². The Bertz CT molecular complexity index is 921. The van der Waals surface area contributed by atoms with Crippen LogP contribution in [0.15, 0.2) is 18.2 Å². The van der Waals surface area contributed by atoms with Crippen LogP contribution in [0, 0.1) is 0 Å². The van der Waals surface area contributed by atoms with Crippen LogP contribution in [0.2, 0.25) is 25.2 Å². The molecule has 1 aromatic carbocycles. The van der Waals surface area contributed by atoms with Crippen LogP contribution >= 0.6 is 0 Å². The van der Waals surface area contributed by atoms with Gasteiger partial charge in [-0.25, -0.2) is 0 Å². The second-order valence-corrected chi connectivity index (χ2v) is 13.8. The van der Waals surface area contributed by atoms with Gasteiger partial charge in [0.05, 0.1) is 11.1 Å². The number of nitrogens with zero attached hydrogens (tertiary/aromatic N) is 1. The third-order valence-corrected chi connectivity index (χ3v) is 9.06. The first kappa shape index (κ1) is 21.7. The molecule has 0 saturated carbocycles. The van der Waals surface area contributed by atoms with Gasteiger partial charge in [-0.15, -0.1) is 0 Å². The Morgan fingerprint density at radius 1 is 1.03 bits per heavy atom. The maximum absolute atomic E-state index is 13.3. The normalized spacial score (nSPS) is 18.2. The van der Waals surface area contributed by atoms with Crippen LogP contribution in [0.25, 0.3) is 10.9 Å². The first-order valence-corrected chi connectivity index (χ1v) is 12.7. The van der Waals surface area contributed by atoms with Gasteiger partial charge in [-0.2, -0.15) is 26.3 Å². The maximum Gasteiger partial charge on any atom is 0.417 e. The summed E-state index contributed by atoms with van der Waals surface area (Å²) in [5.41, 5.74) is -3.33. The summed E-state index contributed by atoms with van der Waals surface area (Å²) in [5.74, 6) is -0.519. The van der Waals surface area contributed by atoms with Gasteiger partial charge in [0.2, 0.25) is 0 Å². The topological polar surface area (TPSA) is 36.1 Å². The van der Waals surface area contributed by atoms with Crippen LogP contribution in [0.5, 0.6) is 0 Å². The van der Waals surface area contributed by atoms with Crippen molar-refractivity contribution < 1.29 is 31.1 Å². The Hall–Kier alpha value is -1.97. The molecule has 1 amide bonds. The fraction of sp³-hybridized carbons (Fsp3) is 0.526. The smallest absolute Gasteiger partial charge is 0.350 e. The van der Waals surface area contributed by atoms with E-state index in [1.54, 1.807) is 7.05 Å². The molecular formula is C19H22F6N2OSi. The molecule has 0 atom stereocenters. The lowest BCUT2D eigenvalue weighted by Gasteiger charge is -2.37. The molecule has 10 heteroatoms. The Labute approximate surface area is 165 Å². The summed E-state index contributed by atoms with van der Waals surface area (Å²) in [6.45, 7) is 4.55. The standard InChI is InChI=1S/C19H22F6N2OSi/c1-27(12-4-6-29(2,3)7-5-12)17(28)16-10-13-14(19(23,24)25)8-11(18(20,21)22)9-15(13)26-16/h8-10,12,26H,4-7H2,1-3H3. The average molecular weight is 436 g/mol. The molecule has 3 nitrogen and oxygen atoms in total. The highest BCUT2D eigenvalue weighted by molar-refractivity contribution is 6.77. The minimum atomic E-state index is -4.98. The highest BCUT2D eigenvalue weighted by Crippen LogP contribution is 2.40.